The lowest BCUT2D eigenvalue weighted by atomic mass is 10.0. The van der Waals surface area contributed by atoms with Crippen LogP contribution < -0.4 is 0 Å². The molecule has 296 valence electrons. The lowest BCUT2D eigenvalue weighted by molar-refractivity contribution is -0.167. The minimum atomic E-state index is -0.759. The van der Waals surface area contributed by atoms with Crippen molar-refractivity contribution in [3.05, 3.63) is 0 Å². The number of hydrogen-bond acceptors (Lipinski definition) is 6. The van der Waals surface area contributed by atoms with Gasteiger partial charge in [0, 0.05) is 19.3 Å². The standard InChI is InChI=1S/C44H84O6/c1-6-7-8-9-10-11-15-19-26-31-36-44(47)50-41(38-49-43(46)35-30-25-21-20-23-28-33-40(4)5)37-48-42(45)34-29-24-18-16-13-12-14-17-22-27-32-39(2)3/h39-41H,6-38H2,1-5H3/t41-/m0/s1. The molecule has 0 radical (unpaired) electrons. The molecule has 6 nitrogen and oxygen atoms in total. The van der Waals surface area contributed by atoms with Gasteiger partial charge in [0.05, 0.1) is 0 Å². The predicted octanol–water partition coefficient (Wildman–Crippen LogP) is 13.4. The van der Waals surface area contributed by atoms with Crippen LogP contribution in [0.4, 0.5) is 0 Å². The van der Waals surface area contributed by atoms with E-state index in [4.69, 9.17) is 14.2 Å². The fourth-order valence-electron chi connectivity index (χ4n) is 6.40. The van der Waals surface area contributed by atoms with Gasteiger partial charge in [0.1, 0.15) is 13.2 Å². The molecule has 0 unspecified atom stereocenters. The molecule has 0 bridgehead atoms. The summed E-state index contributed by atoms with van der Waals surface area (Å²) in [4.78, 5) is 37.5. The van der Waals surface area contributed by atoms with Crippen molar-refractivity contribution < 1.29 is 28.6 Å². The summed E-state index contributed by atoms with van der Waals surface area (Å²) in [7, 11) is 0. The summed E-state index contributed by atoms with van der Waals surface area (Å²) in [5.41, 5.74) is 0. The van der Waals surface area contributed by atoms with Crippen LogP contribution in [0.5, 0.6) is 0 Å². The highest BCUT2D eigenvalue weighted by molar-refractivity contribution is 5.71. The van der Waals surface area contributed by atoms with Crippen molar-refractivity contribution in [1.29, 1.82) is 0 Å². The first kappa shape index (κ1) is 48.4. The fraction of sp³-hybridized carbons (Fsp3) is 0.932. The molecule has 0 aromatic rings. The smallest absolute Gasteiger partial charge is 0.306 e. The zero-order valence-electron chi connectivity index (χ0n) is 34.0. The van der Waals surface area contributed by atoms with Gasteiger partial charge in [-0.2, -0.15) is 0 Å². The molecule has 0 aromatic carbocycles. The second-order valence-corrected chi connectivity index (χ2v) is 15.9. The molecule has 0 saturated carbocycles. The molecule has 0 amide bonds. The molecule has 1 atom stereocenters. The molecule has 0 aliphatic rings. The van der Waals surface area contributed by atoms with Gasteiger partial charge < -0.3 is 14.2 Å². The van der Waals surface area contributed by atoms with E-state index in [1.165, 1.54) is 122 Å². The van der Waals surface area contributed by atoms with E-state index in [2.05, 4.69) is 34.6 Å². The summed E-state index contributed by atoms with van der Waals surface area (Å²) < 4.78 is 16.6. The van der Waals surface area contributed by atoms with E-state index in [-0.39, 0.29) is 31.1 Å². The first-order valence-corrected chi connectivity index (χ1v) is 21.7. The third kappa shape index (κ3) is 37.7. The normalized spacial score (nSPS) is 12.1. The largest absolute Gasteiger partial charge is 0.462 e. The summed E-state index contributed by atoms with van der Waals surface area (Å²) in [5, 5.41) is 0. The van der Waals surface area contributed by atoms with Crippen molar-refractivity contribution in [1.82, 2.24) is 0 Å². The van der Waals surface area contributed by atoms with E-state index in [1.807, 2.05) is 0 Å². The lowest BCUT2D eigenvalue weighted by Gasteiger charge is -2.18. The van der Waals surface area contributed by atoms with E-state index in [0.29, 0.717) is 19.3 Å². The Bertz CT molecular complexity index is 764. The van der Waals surface area contributed by atoms with E-state index >= 15 is 0 Å². The number of rotatable bonds is 38. The Hall–Kier alpha value is -1.59. The molecule has 0 heterocycles. The van der Waals surface area contributed by atoms with Crippen LogP contribution >= 0.6 is 0 Å². The van der Waals surface area contributed by atoms with E-state index in [1.54, 1.807) is 0 Å². The Morgan fingerprint density at radius 2 is 0.660 bits per heavy atom. The molecule has 0 fully saturated rings. The average molecular weight is 709 g/mol. The maximum absolute atomic E-state index is 12.6. The minimum absolute atomic E-state index is 0.0660. The molecule has 0 aromatic heterocycles. The molecule has 0 saturated heterocycles. The summed E-state index contributed by atoms with van der Waals surface area (Å²) >= 11 is 0. The van der Waals surface area contributed by atoms with Gasteiger partial charge in [-0.15, -0.1) is 0 Å². The third-order valence-corrected chi connectivity index (χ3v) is 9.72. The Morgan fingerprint density at radius 3 is 0.980 bits per heavy atom. The lowest BCUT2D eigenvalue weighted by Crippen LogP contribution is -2.30. The fourth-order valence-corrected chi connectivity index (χ4v) is 6.40. The van der Waals surface area contributed by atoms with Crippen LogP contribution in [0.15, 0.2) is 0 Å². The van der Waals surface area contributed by atoms with E-state index in [0.717, 1.165) is 69.6 Å². The van der Waals surface area contributed by atoms with E-state index in [9.17, 15) is 14.4 Å². The number of carbonyl (C=O) groups excluding carboxylic acids is 3. The zero-order valence-corrected chi connectivity index (χ0v) is 34.0. The topological polar surface area (TPSA) is 78.9 Å². The van der Waals surface area contributed by atoms with Gasteiger partial charge in [0.2, 0.25) is 0 Å². The van der Waals surface area contributed by atoms with Gasteiger partial charge in [0.15, 0.2) is 6.10 Å². The van der Waals surface area contributed by atoms with Crippen molar-refractivity contribution in [3.63, 3.8) is 0 Å². The first-order valence-electron chi connectivity index (χ1n) is 21.7. The van der Waals surface area contributed by atoms with Gasteiger partial charge >= 0.3 is 17.9 Å². The molecule has 50 heavy (non-hydrogen) atoms. The number of hydrogen-bond donors (Lipinski definition) is 0. The van der Waals surface area contributed by atoms with Crippen LogP contribution in [0, 0.1) is 11.8 Å². The third-order valence-electron chi connectivity index (χ3n) is 9.72. The van der Waals surface area contributed by atoms with Crippen molar-refractivity contribution in [2.75, 3.05) is 13.2 Å². The molecule has 0 aliphatic carbocycles. The Balaban J connectivity index is 4.32. The minimum Gasteiger partial charge on any atom is -0.462 e. The maximum Gasteiger partial charge on any atom is 0.306 e. The summed E-state index contributed by atoms with van der Waals surface area (Å²) in [6.07, 6.45) is 33.9. The van der Waals surface area contributed by atoms with Gasteiger partial charge in [-0.25, -0.2) is 0 Å². The van der Waals surface area contributed by atoms with Crippen molar-refractivity contribution in [2.24, 2.45) is 11.8 Å². The van der Waals surface area contributed by atoms with Gasteiger partial charge in [-0.3, -0.25) is 14.4 Å². The van der Waals surface area contributed by atoms with E-state index < -0.39 is 6.10 Å². The Morgan fingerprint density at radius 1 is 0.380 bits per heavy atom. The van der Waals surface area contributed by atoms with Crippen molar-refractivity contribution in [2.45, 2.75) is 240 Å². The highest BCUT2D eigenvalue weighted by Crippen LogP contribution is 2.16. The van der Waals surface area contributed by atoms with Crippen LogP contribution in [-0.2, 0) is 28.6 Å². The maximum atomic E-state index is 12.6. The highest BCUT2D eigenvalue weighted by atomic mass is 16.6. The van der Waals surface area contributed by atoms with Gasteiger partial charge in [-0.05, 0) is 31.1 Å². The molecule has 0 N–H and O–H groups in total. The van der Waals surface area contributed by atoms with Gasteiger partial charge in [0.25, 0.3) is 0 Å². The van der Waals surface area contributed by atoms with Crippen LogP contribution in [-0.4, -0.2) is 37.2 Å². The number of carbonyl (C=O) groups is 3. The molecule has 6 heteroatoms. The van der Waals surface area contributed by atoms with Crippen LogP contribution in [0.1, 0.15) is 234 Å². The number of esters is 3. The average Bonchev–Trinajstić information content (AvgIpc) is 3.08. The predicted molar refractivity (Wildman–Crippen MR) is 210 cm³/mol. The zero-order chi connectivity index (χ0) is 36.9. The Kier molecular flexibility index (Phi) is 36.0. The number of ether oxygens (including phenoxy) is 3. The molecule has 0 rings (SSSR count). The second kappa shape index (κ2) is 37.2. The Labute approximate surface area is 310 Å². The van der Waals surface area contributed by atoms with Gasteiger partial charge in [-0.1, -0.05) is 195 Å². The quantitative estimate of drug-likeness (QED) is 0.0361. The van der Waals surface area contributed by atoms with Crippen LogP contribution in [0.3, 0.4) is 0 Å². The highest BCUT2D eigenvalue weighted by Gasteiger charge is 2.19. The van der Waals surface area contributed by atoms with Crippen molar-refractivity contribution >= 4 is 17.9 Å². The summed E-state index contributed by atoms with van der Waals surface area (Å²) in [6, 6.07) is 0. The monoisotopic (exact) mass is 709 g/mol. The molecule has 0 spiro atoms. The molecular weight excluding hydrogens is 624 g/mol. The second-order valence-electron chi connectivity index (χ2n) is 15.9. The summed E-state index contributed by atoms with van der Waals surface area (Å²) in [5.74, 6) is 0.716. The van der Waals surface area contributed by atoms with Crippen LogP contribution in [0.25, 0.3) is 0 Å². The molecular formula is C44H84O6. The number of unbranched alkanes of at least 4 members (excludes halogenated alkanes) is 23. The summed E-state index contributed by atoms with van der Waals surface area (Å²) in [6.45, 7) is 11.2. The molecule has 0 aliphatic heterocycles. The first-order chi connectivity index (χ1) is 24.2. The van der Waals surface area contributed by atoms with Crippen molar-refractivity contribution in [3.8, 4) is 0 Å². The SMILES string of the molecule is CCCCCCCCCCCCC(=O)O[C@@H](COC(=O)CCCCCCCCCCCCC(C)C)COC(=O)CCCCCCCCC(C)C. The van der Waals surface area contributed by atoms with Crippen LogP contribution in [0.2, 0.25) is 0 Å².